The Morgan fingerprint density at radius 3 is 2.55 bits per heavy atom. The number of rotatable bonds is 5. The number of pyridine rings is 1. The maximum absolute atomic E-state index is 5.91. The molecule has 106 valence electrons. The Labute approximate surface area is 120 Å². The Morgan fingerprint density at radius 1 is 1.25 bits per heavy atom. The van der Waals surface area contributed by atoms with Crippen molar-refractivity contribution in [3.05, 3.63) is 53.7 Å². The van der Waals surface area contributed by atoms with Crippen LogP contribution < -0.4 is 15.4 Å². The molecule has 4 heteroatoms. The van der Waals surface area contributed by atoms with E-state index in [0.29, 0.717) is 0 Å². The standard InChI is InChI=1S/C16H21N3O/c1-12(17)14-8-9-18-16(10-14)19(2)11-13-4-6-15(20-3)7-5-13/h4-10,12H,11,17H2,1-3H3/t12-/m1/s1. The lowest BCUT2D eigenvalue weighted by molar-refractivity contribution is 0.414. The second-order valence-electron chi connectivity index (χ2n) is 4.94. The quantitative estimate of drug-likeness (QED) is 0.908. The minimum atomic E-state index is 0.0196. The summed E-state index contributed by atoms with van der Waals surface area (Å²) < 4.78 is 5.16. The first-order valence-corrected chi connectivity index (χ1v) is 6.65. The molecule has 1 atom stereocenters. The minimum absolute atomic E-state index is 0.0196. The van der Waals surface area contributed by atoms with Gasteiger partial charge in [-0.3, -0.25) is 0 Å². The number of ether oxygens (including phenoxy) is 1. The lowest BCUT2D eigenvalue weighted by Crippen LogP contribution is -2.18. The van der Waals surface area contributed by atoms with E-state index in [-0.39, 0.29) is 6.04 Å². The van der Waals surface area contributed by atoms with Crippen LogP contribution in [0.25, 0.3) is 0 Å². The summed E-state index contributed by atoms with van der Waals surface area (Å²) in [6, 6.07) is 12.1. The molecule has 0 aliphatic carbocycles. The number of aromatic nitrogens is 1. The fourth-order valence-electron chi connectivity index (χ4n) is 2.01. The number of nitrogens with zero attached hydrogens (tertiary/aromatic N) is 2. The number of anilines is 1. The SMILES string of the molecule is COc1ccc(CN(C)c2cc([C@@H](C)N)ccn2)cc1. The van der Waals surface area contributed by atoms with E-state index in [9.17, 15) is 0 Å². The maximum atomic E-state index is 5.91. The van der Waals surface area contributed by atoms with E-state index >= 15 is 0 Å². The van der Waals surface area contributed by atoms with Crippen molar-refractivity contribution in [2.75, 3.05) is 19.1 Å². The zero-order valence-electron chi connectivity index (χ0n) is 12.2. The van der Waals surface area contributed by atoms with Crippen molar-refractivity contribution in [1.29, 1.82) is 0 Å². The van der Waals surface area contributed by atoms with Gasteiger partial charge in [0.15, 0.2) is 0 Å². The molecular formula is C16H21N3O. The molecule has 0 aliphatic heterocycles. The molecule has 0 spiro atoms. The third-order valence-electron chi connectivity index (χ3n) is 3.27. The zero-order valence-corrected chi connectivity index (χ0v) is 12.2. The van der Waals surface area contributed by atoms with Crippen LogP contribution in [0.4, 0.5) is 5.82 Å². The molecule has 2 aromatic rings. The van der Waals surface area contributed by atoms with Crippen molar-refractivity contribution in [3.63, 3.8) is 0 Å². The van der Waals surface area contributed by atoms with Gasteiger partial charge in [0.25, 0.3) is 0 Å². The van der Waals surface area contributed by atoms with E-state index in [1.54, 1.807) is 13.3 Å². The Morgan fingerprint density at radius 2 is 1.95 bits per heavy atom. The molecule has 0 aliphatic rings. The summed E-state index contributed by atoms with van der Waals surface area (Å²) in [7, 11) is 3.70. The maximum Gasteiger partial charge on any atom is 0.128 e. The predicted molar refractivity (Wildman–Crippen MR) is 81.9 cm³/mol. The summed E-state index contributed by atoms with van der Waals surface area (Å²) in [4.78, 5) is 6.50. The third-order valence-corrected chi connectivity index (χ3v) is 3.27. The van der Waals surface area contributed by atoms with Crippen LogP contribution in [0.1, 0.15) is 24.1 Å². The molecule has 2 N–H and O–H groups in total. The monoisotopic (exact) mass is 271 g/mol. The second-order valence-corrected chi connectivity index (χ2v) is 4.94. The third kappa shape index (κ3) is 3.48. The molecule has 0 amide bonds. The largest absolute Gasteiger partial charge is 0.497 e. The number of hydrogen-bond donors (Lipinski definition) is 1. The van der Waals surface area contributed by atoms with Crippen molar-refractivity contribution in [3.8, 4) is 5.75 Å². The van der Waals surface area contributed by atoms with Crippen molar-refractivity contribution in [2.24, 2.45) is 5.73 Å². The molecule has 0 unspecified atom stereocenters. The first kappa shape index (κ1) is 14.3. The Hall–Kier alpha value is -2.07. The first-order chi connectivity index (χ1) is 9.60. The van der Waals surface area contributed by atoms with Gasteiger partial charge in [0.05, 0.1) is 7.11 Å². The van der Waals surface area contributed by atoms with Crippen LogP contribution >= 0.6 is 0 Å². The zero-order chi connectivity index (χ0) is 14.5. The van der Waals surface area contributed by atoms with Crippen molar-refractivity contribution >= 4 is 5.82 Å². The molecule has 20 heavy (non-hydrogen) atoms. The van der Waals surface area contributed by atoms with Gasteiger partial charge in [-0.1, -0.05) is 12.1 Å². The van der Waals surface area contributed by atoms with Gasteiger partial charge in [0.1, 0.15) is 11.6 Å². The van der Waals surface area contributed by atoms with Gasteiger partial charge >= 0.3 is 0 Å². The van der Waals surface area contributed by atoms with Gasteiger partial charge in [0.2, 0.25) is 0 Å². The molecule has 1 aromatic carbocycles. The number of nitrogens with two attached hydrogens (primary N) is 1. The van der Waals surface area contributed by atoms with Crippen LogP contribution in [-0.4, -0.2) is 19.1 Å². The lowest BCUT2D eigenvalue weighted by atomic mass is 10.1. The molecule has 0 saturated carbocycles. The average molecular weight is 271 g/mol. The van der Waals surface area contributed by atoms with E-state index in [0.717, 1.165) is 23.7 Å². The van der Waals surface area contributed by atoms with Crippen LogP contribution in [0.5, 0.6) is 5.75 Å². The molecule has 2 rings (SSSR count). The number of benzene rings is 1. The molecule has 1 aromatic heterocycles. The van der Waals surface area contributed by atoms with Crippen molar-refractivity contribution in [1.82, 2.24) is 4.98 Å². The van der Waals surface area contributed by atoms with E-state index in [1.807, 2.05) is 38.2 Å². The molecule has 4 nitrogen and oxygen atoms in total. The minimum Gasteiger partial charge on any atom is -0.497 e. The molecular weight excluding hydrogens is 250 g/mol. The highest BCUT2D eigenvalue weighted by atomic mass is 16.5. The van der Waals surface area contributed by atoms with Crippen molar-refractivity contribution in [2.45, 2.75) is 19.5 Å². The Balaban J connectivity index is 2.10. The Bertz CT molecular complexity index is 552. The van der Waals surface area contributed by atoms with E-state index in [1.165, 1.54) is 5.56 Å². The summed E-state index contributed by atoms with van der Waals surface area (Å²) in [6.07, 6.45) is 1.80. The highest BCUT2D eigenvalue weighted by Gasteiger charge is 2.06. The van der Waals surface area contributed by atoms with Crippen LogP contribution in [0.15, 0.2) is 42.6 Å². The topological polar surface area (TPSA) is 51.4 Å². The lowest BCUT2D eigenvalue weighted by Gasteiger charge is -2.19. The molecule has 0 radical (unpaired) electrons. The van der Waals surface area contributed by atoms with Gasteiger partial charge in [-0.15, -0.1) is 0 Å². The number of methoxy groups -OCH3 is 1. The van der Waals surface area contributed by atoms with Gasteiger partial charge in [0, 0.05) is 25.8 Å². The summed E-state index contributed by atoms with van der Waals surface area (Å²) in [5.74, 6) is 1.80. The molecule has 1 heterocycles. The summed E-state index contributed by atoms with van der Waals surface area (Å²) >= 11 is 0. The molecule has 0 saturated heterocycles. The molecule has 0 fully saturated rings. The van der Waals surface area contributed by atoms with Gasteiger partial charge in [-0.05, 0) is 42.3 Å². The predicted octanol–water partition coefficient (Wildman–Crippen LogP) is 2.75. The van der Waals surface area contributed by atoms with Crippen LogP contribution in [0, 0.1) is 0 Å². The summed E-state index contributed by atoms with van der Waals surface area (Å²) in [6.45, 7) is 2.77. The van der Waals surface area contributed by atoms with E-state index < -0.39 is 0 Å². The Kier molecular flexibility index (Phi) is 4.58. The van der Waals surface area contributed by atoms with Crippen LogP contribution in [0.3, 0.4) is 0 Å². The van der Waals surface area contributed by atoms with Gasteiger partial charge in [-0.2, -0.15) is 0 Å². The van der Waals surface area contributed by atoms with Gasteiger partial charge < -0.3 is 15.4 Å². The summed E-state index contributed by atoms with van der Waals surface area (Å²) in [5, 5.41) is 0. The first-order valence-electron chi connectivity index (χ1n) is 6.65. The van der Waals surface area contributed by atoms with Crippen LogP contribution in [0.2, 0.25) is 0 Å². The molecule has 0 bridgehead atoms. The fraction of sp³-hybridized carbons (Fsp3) is 0.312. The smallest absolute Gasteiger partial charge is 0.128 e. The normalized spacial score (nSPS) is 12.0. The highest BCUT2D eigenvalue weighted by Crippen LogP contribution is 2.18. The second kappa shape index (κ2) is 6.39. The average Bonchev–Trinajstić information content (AvgIpc) is 2.48. The summed E-state index contributed by atoms with van der Waals surface area (Å²) in [5.41, 5.74) is 8.21. The highest BCUT2D eigenvalue weighted by molar-refractivity contribution is 5.42. The van der Waals surface area contributed by atoms with E-state index in [2.05, 4.69) is 22.0 Å². The van der Waals surface area contributed by atoms with Crippen LogP contribution in [-0.2, 0) is 6.54 Å². The fourth-order valence-corrected chi connectivity index (χ4v) is 2.01. The number of hydrogen-bond acceptors (Lipinski definition) is 4. The van der Waals surface area contributed by atoms with Crippen molar-refractivity contribution < 1.29 is 4.74 Å². The van der Waals surface area contributed by atoms with Gasteiger partial charge in [-0.25, -0.2) is 4.98 Å². The van der Waals surface area contributed by atoms with E-state index in [4.69, 9.17) is 10.5 Å².